The summed E-state index contributed by atoms with van der Waals surface area (Å²) in [7, 11) is 0. The highest BCUT2D eigenvalue weighted by Crippen LogP contribution is 2.13. The second-order valence-electron chi connectivity index (χ2n) is 3.56. The molecule has 0 aromatic carbocycles. The van der Waals surface area contributed by atoms with Crippen molar-refractivity contribution in [2.24, 2.45) is 0 Å². The number of aromatic nitrogens is 1. The van der Waals surface area contributed by atoms with Gasteiger partial charge in [0.1, 0.15) is 16.1 Å². The molecule has 1 atom stereocenters. The van der Waals surface area contributed by atoms with Crippen molar-refractivity contribution in [1.29, 1.82) is 0 Å². The summed E-state index contributed by atoms with van der Waals surface area (Å²) in [6.07, 6.45) is 1.58. The molecule has 0 bridgehead atoms. The van der Waals surface area contributed by atoms with Gasteiger partial charge in [0.05, 0.1) is 12.3 Å². The molecule has 2 aromatic rings. The number of nitrogens with zero attached hydrogens (tertiary/aromatic N) is 1. The molecule has 0 spiro atoms. The Morgan fingerprint density at radius 2 is 2.24 bits per heavy atom. The number of halogens is 1. The molecule has 0 radical (unpaired) electrons. The van der Waals surface area contributed by atoms with Crippen molar-refractivity contribution >= 4 is 21.8 Å². The van der Waals surface area contributed by atoms with Crippen molar-refractivity contribution in [1.82, 2.24) is 10.3 Å². The molecular weight excluding hydrogens is 284 g/mol. The van der Waals surface area contributed by atoms with Gasteiger partial charge in [-0.2, -0.15) is 0 Å². The fraction of sp³-hybridized carbons (Fsp3) is 0.167. The lowest BCUT2D eigenvalue weighted by molar-refractivity contribution is 0.0930. The molecule has 17 heavy (non-hydrogen) atoms. The third-order valence-electron chi connectivity index (χ3n) is 2.27. The van der Waals surface area contributed by atoms with E-state index in [1.165, 1.54) is 0 Å². The lowest BCUT2D eigenvalue weighted by atomic mass is 10.2. The third-order valence-corrected chi connectivity index (χ3v) is 2.71. The summed E-state index contributed by atoms with van der Waals surface area (Å²) in [4.78, 5) is 15.9. The van der Waals surface area contributed by atoms with Crippen molar-refractivity contribution in [3.63, 3.8) is 0 Å². The standard InChI is InChI=1S/C12H11BrN2O2/c1-8(10-5-3-7-17-10)14-12(16)9-4-2-6-11(13)15-9/h2-8H,1H3,(H,14,16). The first-order chi connectivity index (χ1) is 8.16. The van der Waals surface area contributed by atoms with Crippen LogP contribution in [0.3, 0.4) is 0 Å². The Labute approximate surface area is 107 Å². The monoisotopic (exact) mass is 294 g/mol. The average molecular weight is 295 g/mol. The molecule has 0 aliphatic heterocycles. The highest BCUT2D eigenvalue weighted by molar-refractivity contribution is 9.10. The molecular formula is C12H11BrN2O2. The maximum atomic E-state index is 11.9. The zero-order valence-electron chi connectivity index (χ0n) is 9.18. The summed E-state index contributed by atoms with van der Waals surface area (Å²) in [6, 6.07) is 8.62. The molecule has 88 valence electrons. The Morgan fingerprint density at radius 3 is 2.88 bits per heavy atom. The van der Waals surface area contributed by atoms with Crippen LogP contribution in [0.2, 0.25) is 0 Å². The van der Waals surface area contributed by atoms with Crippen LogP contribution in [-0.2, 0) is 0 Å². The minimum atomic E-state index is -0.227. The number of hydrogen-bond acceptors (Lipinski definition) is 3. The van der Waals surface area contributed by atoms with E-state index in [1.807, 2.05) is 13.0 Å². The fourth-order valence-corrected chi connectivity index (χ4v) is 1.76. The van der Waals surface area contributed by atoms with Crippen LogP contribution in [0.4, 0.5) is 0 Å². The lowest BCUT2D eigenvalue weighted by Gasteiger charge is -2.10. The smallest absolute Gasteiger partial charge is 0.270 e. The van der Waals surface area contributed by atoms with Crippen LogP contribution in [-0.4, -0.2) is 10.9 Å². The van der Waals surface area contributed by atoms with Gasteiger partial charge in [0, 0.05) is 0 Å². The van der Waals surface area contributed by atoms with E-state index in [1.54, 1.807) is 30.5 Å². The van der Waals surface area contributed by atoms with Gasteiger partial charge < -0.3 is 9.73 Å². The predicted molar refractivity (Wildman–Crippen MR) is 66.5 cm³/mol. The van der Waals surface area contributed by atoms with Crippen LogP contribution >= 0.6 is 15.9 Å². The number of carbonyl (C=O) groups excluding carboxylic acids is 1. The molecule has 0 aliphatic carbocycles. The van der Waals surface area contributed by atoms with Crippen molar-refractivity contribution < 1.29 is 9.21 Å². The molecule has 4 nitrogen and oxygen atoms in total. The molecule has 2 rings (SSSR count). The van der Waals surface area contributed by atoms with E-state index >= 15 is 0 Å². The summed E-state index contributed by atoms with van der Waals surface area (Å²) >= 11 is 3.23. The number of pyridine rings is 1. The van der Waals surface area contributed by atoms with E-state index in [-0.39, 0.29) is 11.9 Å². The minimum absolute atomic E-state index is 0.182. The molecule has 0 saturated heterocycles. The number of furan rings is 1. The molecule has 1 N–H and O–H groups in total. The number of amides is 1. The molecule has 5 heteroatoms. The van der Waals surface area contributed by atoms with Gasteiger partial charge >= 0.3 is 0 Å². The highest BCUT2D eigenvalue weighted by Gasteiger charge is 2.14. The van der Waals surface area contributed by atoms with E-state index < -0.39 is 0 Å². The quantitative estimate of drug-likeness (QED) is 0.886. The predicted octanol–water partition coefficient (Wildman–Crippen LogP) is 2.93. The summed E-state index contributed by atoms with van der Waals surface area (Å²) < 4.78 is 5.85. The van der Waals surface area contributed by atoms with Crippen LogP contribution < -0.4 is 5.32 Å². The zero-order valence-corrected chi connectivity index (χ0v) is 10.8. The zero-order chi connectivity index (χ0) is 12.3. The van der Waals surface area contributed by atoms with Crippen molar-refractivity contribution in [2.75, 3.05) is 0 Å². The van der Waals surface area contributed by atoms with Gasteiger partial charge in [-0.05, 0) is 47.1 Å². The number of rotatable bonds is 3. The van der Waals surface area contributed by atoms with Crippen molar-refractivity contribution in [3.05, 3.63) is 52.7 Å². The Bertz CT molecular complexity index is 511. The normalized spacial score (nSPS) is 12.1. The molecule has 2 heterocycles. The van der Waals surface area contributed by atoms with E-state index in [0.717, 1.165) is 0 Å². The third kappa shape index (κ3) is 2.94. The van der Waals surface area contributed by atoms with Crippen molar-refractivity contribution in [3.8, 4) is 0 Å². The van der Waals surface area contributed by atoms with E-state index in [9.17, 15) is 4.79 Å². The summed E-state index contributed by atoms with van der Waals surface area (Å²) in [5.41, 5.74) is 0.373. The first-order valence-corrected chi connectivity index (χ1v) is 5.93. The van der Waals surface area contributed by atoms with E-state index in [0.29, 0.717) is 16.1 Å². The average Bonchev–Trinajstić information content (AvgIpc) is 2.82. The molecule has 0 aliphatic rings. The molecule has 1 unspecified atom stereocenters. The van der Waals surface area contributed by atoms with Crippen LogP contribution in [0.5, 0.6) is 0 Å². The number of carbonyl (C=O) groups is 1. The van der Waals surface area contributed by atoms with Crippen LogP contribution in [0.15, 0.2) is 45.6 Å². The second-order valence-corrected chi connectivity index (χ2v) is 4.37. The SMILES string of the molecule is CC(NC(=O)c1cccc(Br)n1)c1ccco1. The Hall–Kier alpha value is -1.62. The molecule has 0 saturated carbocycles. The van der Waals surface area contributed by atoms with Gasteiger partial charge in [-0.25, -0.2) is 4.98 Å². The van der Waals surface area contributed by atoms with Gasteiger partial charge in [-0.1, -0.05) is 6.07 Å². The maximum absolute atomic E-state index is 11.9. The number of hydrogen-bond donors (Lipinski definition) is 1. The first-order valence-electron chi connectivity index (χ1n) is 5.13. The van der Waals surface area contributed by atoms with Gasteiger partial charge in [0.2, 0.25) is 0 Å². The van der Waals surface area contributed by atoms with Gasteiger partial charge in [0.15, 0.2) is 0 Å². The van der Waals surface area contributed by atoms with Crippen LogP contribution in [0.25, 0.3) is 0 Å². The van der Waals surface area contributed by atoms with Crippen molar-refractivity contribution in [2.45, 2.75) is 13.0 Å². The highest BCUT2D eigenvalue weighted by atomic mass is 79.9. The number of nitrogens with one attached hydrogen (secondary N) is 1. The van der Waals surface area contributed by atoms with Gasteiger partial charge in [-0.15, -0.1) is 0 Å². The second kappa shape index (κ2) is 5.14. The molecule has 2 aromatic heterocycles. The lowest BCUT2D eigenvalue weighted by Crippen LogP contribution is -2.27. The molecule has 0 fully saturated rings. The van der Waals surface area contributed by atoms with Gasteiger partial charge in [-0.3, -0.25) is 4.79 Å². The summed E-state index contributed by atoms with van der Waals surface area (Å²) in [5, 5.41) is 2.81. The first kappa shape index (κ1) is 11.9. The fourth-order valence-electron chi connectivity index (χ4n) is 1.41. The Morgan fingerprint density at radius 1 is 1.41 bits per heavy atom. The largest absolute Gasteiger partial charge is 0.467 e. The Balaban J connectivity index is 2.07. The topological polar surface area (TPSA) is 55.1 Å². The minimum Gasteiger partial charge on any atom is -0.467 e. The van der Waals surface area contributed by atoms with Crippen LogP contribution in [0.1, 0.15) is 29.2 Å². The van der Waals surface area contributed by atoms with E-state index in [2.05, 4.69) is 26.2 Å². The van der Waals surface area contributed by atoms with Crippen LogP contribution in [0, 0.1) is 0 Å². The van der Waals surface area contributed by atoms with E-state index in [4.69, 9.17) is 4.42 Å². The summed E-state index contributed by atoms with van der Waals surface area (Å²) in [5.74, 6) is 0.489. The Kier molecular flexibility index (Phi) is 3.58. The summed E-state index contributed by atoms with van der Waals surface area (Å²) in [6.45, 7) is 1.86. The maximum Gasteiger partial charge on any atom is 0.270 e. The van der Waals surface area contributed by atoms with Gasteiger partial charge in [0.25, 0.3) is 5.91 Å². The molecule has 1 amide bonds.